The minimum atomic E-state index is -0.876. The molecule has 5 aromatic rings. The van der Waals surface area contributed by atoms with E-state index in [9.17, 15) is 4.79 Å². The smallest absolute Gasteiger partial charge is 0.309 e. The van der Waals surface area contributed by atoms with Crippen LogP contribution in [0.15, 0.2) is 60.8 Å². The molecule has 0 aliphatic carbocycles. The van der Waals surface area contributed by atoms with Gasteiger partial charge in [0.15, 0.2) is 0 Å². The molecule has 0 saturated carbocycles. The number of carbonyl (C=O) groups is 1. The van der Waals surface area contributed by atoms with Gasteiger partial charge in [0.05, 0.1) is 39.4 Å². The Balaban J connectivity index is 1.30. The number of aromatic nitrogens is 2. The fraction of sp³-hybridized carbons (Fsp3) is 0.192. The van der Waals surface area contributed by atoms with Gasteiger partial charge in [0.1, 0.15) is 6.73 Å². The summed E-state index contributed by atoms with van der Waals surface area (Å²) in [4.78, 5) is 18.6. The lowest BCUT2D eigenvalue weighted by Gasteiger charge is -2.15. The molecule has 0 aliphatic heterocycles. The van der Waals surface area contributed by atoms with Crippen molar-refractivity contribution in [1.29, 1.82) is 0 Å². The molecule has 1 unspecified atom stereocenters. The first-order valence-electron chi connectivity index (χ1n) is 11.1. The maximum Gasteiger partial charge on any atom is 0.309 e. The number of thiophene rings is 2. The molecule has 0 saturated heterocycles. The molecule has 0 bridgehead atoms. The largest absolute Gasteiger partial charge is 0.481 e. The summed E-state index contributed by atoms with van der Waals surface area (Å²) in [5.41, 5.74) is 4.68. The summed E-state index contributed by atoms with van der Waals surface area (Å²) in [6.07, 6.45) is 1.68. The number of nitrogens with one attached hydrogen (secondary N) is 1. The van der Waals surface area contributed by atoms with Crippen LogP contribution in [0.3, 0.4) is 0 Å². The predicted octanol–water partition coefficient (Wildman–Crippen LogP) is 7.23. The van der Waals surface area contributed by atoms with Crippen LogP contribution >= 0.6 is 34.2 Å². The van der Waals surface area contributed by atoms with Crippen LogP contribution in [0.2, 0.25) is 0 Å². The van der Waals surface area contributed by atoms with E-state index in [0.717, 1.165) is 32.3 Å². The van der Waals surface area contributed by atoms with E-state index in [0.29, 0.717) is 12.4 Å². The van der Waals surface area contributed by atoms with Crippen LogP contribution in [0.4, 0.5) is 5.69 Å². The van der Waals surface area contributed by atoms with Gasteiger partial charge < -0.3 is 15.2 Å². The van der Waals surface area contributed by atoms with Gasteiger partial charge in [-0.05, 0) is 49.1 Å². The topological polar surface area (TPSA) is 84.3 Å². The molecule has 0 amide bonds. The van der Waals surface area contributed by atoms with Crippen molar-refractivity contribution in [3.63, 3.8) is 0 Å². The van der Waals surface area contributed by atoms with Crippen molar-refractivity contribution >= 4 is 55.3 Å². The van der Waals surface area contributed by atoms with Crippen molar-refractivity contribution in [2.75, 3.05) is 12.0 Å². The van der Waals surface area contributed by atoms with Gasteiger partial charge in [-0.3, -0.25) is 9.78 Å². The third-order valence-corrected chi connectivity index (χ3v) is 9.05. The van der Waals surface area contributed by atoms with Gasteiger partial charge in [0.2, 0.25) is 0 Å². The lowest BCUT2D eigenvalue weighted by atomic mass is 10.1. The number of aliphatic carboxylic acids is 1. The standard InChI is InChI=1S/C26H23N3O3S3/c1-15-25(28-14-32-16(2)17-6-4-3-5-7-17)26(35-29-15)23-12-22-21(34-23)11-20(33-22)18-8-9-19(27-13-18)10-24(30)31/h3-9,11-13,16,28H,10,14H2,1-2H3,(H,30,31). The Morgan fingerprint density at radius 3 is 2.54 bits per heavy atom. The summed E-state index contributed by atoms with van der Waals surface area (Å²) in [6, 6.07) is 18.3. The second kappa shape index (κ2) is 10.2. The number of fused-ring (bicyclic) bond motifs is 1. The van der Waals surface area contributed by atoms with Crippen molar-refractivity contribution in [3.05, 3.63) is 77.7 Å². The van der Waals surface area contributed by atoms with E-state index in [2.05, 4.69) is 45.9 Å². The van der Waals surface area contributed by atoms with Crippen LogP contribution in [0.1, 0.15) is 30.0 Å². The van der Waals surface area contributed by atoms with Crippen LogP contribution in [0.5, 0.6) is 0 Å². The normalized spacial score (nSPS) is 12.2. The second-order valence-corrected chi connectivity index (χ2v) is 11.0. The number of hydrogen-bond donors (Lipinski definition) is 2. The van der Waals surface area contributed by atoms with Gasteiger partial charge in [-0.1, -0.05) is 36.4 Å². The third-order valence-electron chi connectivity index (χ3n) is 5.59. The Morgan fingerprint density at radius 2 is 1.83 bits per heavy atom. The monoisotopic (exact) mass is 521 g/mol. The number of ether oxygens (including phenoxy) is 1. The van der Waals surface area contributed by atoms with E-state index in [-0.39, 0.29) is 12.5 Å². The zero-order valence-electron chi connectivity index (χ0n) is 19.1. The zero-order valence-corrected chi connectivity index (χ0v) is 21.6. The molecule has 4 aromatic heterocycles. The van der Waals surface area contributed by atoms with Crippen molar-refractivity contribution in [3.8, 4) is 20.2 Å². The molecule has 1 aromatic carbocycles. The summed E-state index contributed by atoms with van der Waals surface area (Å²) < 4.78 is 13.0. The molecule has 1 atom stereocenters. The second-order valence-electron chi connectivity index (χ2n) is 8.07. The number of aryl methyl sites for hydroxylation is 1. The van der Waals surface area contributed by atoms with E-state index in [4.69, 9.17) is 9.84 Å². The van der Waals surface area contributed by atoms with Crippen LogP contribution in [-0.4, -0.2) is 27.2 Å². The molecule has 0 radical (unpaired) electrons. The third kappa shape index (κ3) is 5.28. The summed E-state index contributed by atoms with van der Waals surface area (Å²) in [5.74, 6) is -0.876. The van der Waals surface area contributed by atoms with Gasteiger partial charge in [0, 0.05) is 26.0 Å². The fourth-order valence-electron chi connectivity index (χ4n) is 3.72. The van der Waals surface area contributed by atoms with E-state index >= 15 is 0 Å². The van der Waals surface area contributed by atoms with Gasteiger partial charge in [-0.15, -0.1) is 22.7 Å². The lowest BCUT2D eigenvalue weighted by Crippen LogP contribution is -2.10. The molecule has 5 rings (SSSR count). The highest BCUT2D eigenvalue weighted by molar-refractivity contribution is 7.32. The minimum absolute atomic E-state index is 0.00256. The number of benzene rings is 1. The Morgan fingerprint density at radius 1 is 1.09 bits per heavy atom. The van der Waals surface area contributed by atoms with Crippen molar-refractivity contribution in [2.24, 2.45) is 0 Å². The van der Waals surface area contributed by atoms with E-state index in [1.165, 1.54) is 25.8 Å². The molecule has 35 heavy (non-hydrogen) atoms. The zero-order chi connectivity index (χ0) is 24.4. The Kier molecular flexibility index (Phi) is 6.92. The summed E-state index contributed by atoms with van der Waals surface area (Å²) >= 11 is 4.95. The van der Waals surface area contributed by atoms with E-state index in [1.54, 1.807) is 34.9 Å². The van der Waals surface area contributed by atoms with Crippen molar-refractivity contribution in [2.45, 2.75) is 26.4 Å². The Labute approximate surface area is 215 Å². The SMILES string of the molecule is Cc1nsc(-c2cc3sc(-c4ccc(CC(=O)O)nc4)cc3s2)c1NCOC(C)c1ccccc1. The number of nitrogens with zero attached hydrogens (tertiary/aromatic N) is 2. The number of rotatable bonds is 9. The molecule has 0 spiro atoms. The van der Waals surface area contributed by atoms with Crippen LogP contribution < -0.4 is 5.32 Å². The average molecular weight is 522 g/mol. The predicted molar refractivity (Wildman–Crippen MR) is 145 cm³/mol. The maximum absolute atomic E-state index is 10.9. The number of hydrogen-bond acceptors (Lipinski definition) is 8. The average Bonchev–Trinajstić information content (AvgIpc) is 3.53. The summed E-state index contributed by atoms with van der Waals surface area (Å²) in [6.45, 7) is 4.46. The van der Waals surface area contributed by atoms with E-state index < -0.39 is 5.97 Å². The van der Waals surface area contributed by atoms with Crippen LogP contribution in [0.25, 0.3) is 29.6 Å². The van der Waals surface area contributed by atoms with Gasteiger partial charge in [-0.2, -0.15) is 4.37 Å². The van der Waals surface area contributed by atoms with Gasteiger partial charge in [-0.25, -0.2) is 0 Å². The maximum atomic E-state index is 10.9. The lowest BCUT2D eigenvalue weighted by molar-refractivity contribution is -0.136. The minimum Gasteiger partial charge on any atom is -0.481 e. The van der Waals surface area contributed by atoms with Crippen molar-refractivity contribution in [1.82, 2.24) is 9.36 Å². The Hall–Kier alpha value is -3.11. The Bertz CT molecular complexity index is 1420. The molecule has 2 N–H and O–H groups in total. The molecule has 9 heteroatoms. The fourth-order valence-corrected chi connectivity index (χ4v) is 7.07. The number of carboxylic acid groups (broad SMARTS) is 1. The number of carboxylic acids is 1. The number of pyridine rings is 1. The highest BCUT2D eigenvalue weighted by atomic mass is 32.1. The highest BCUT2D eigenvalue weighted by Crippen LogP contribution is 2.45. The van der Waals surface area contributed by atoms with Crippen LogP contribution in [-0.2, 0) is 16.0 Å². The molecule has 4 heterocycles. The van der Waals surface area contributed by atoms with Gasteiger partial charge >= 0.3 is 5.97 Å². The molecule has 0 aliphatic rings. The summed E-state index contributed by atoms with van der Waals surface area (Å²) in [7, 11) is 0. The van der Waals surface area contributed by atoms with Crippen LogP contribution in [0, 0.1) is 6.92 Å². The molecule has 178 valence electrons. The summed E-state index contributed by atoms with van der Waals surface area (Å²) in [5, 5.41) is 12.4. The van der Waals surface area contributed by atoms with E-state index in [1.807, 2.05) is 31.2 Å². The first-order valence-corrected chi connectivity index (χ1v) is 13.5. The van der Waals surface area contributed by atoms with Gasteiger partial charge in [0.25, 0.3) is 0 Å². The molecular weight excluding hydrogens is 499 g/mol. The highest BCUT2D eigenvalue weighted by Gasteiger charge is 2.17. The first-order chi connectivity index (χ1) is 17.0. The molecular formula is C26H23N3O3S3. The first kappa shape index (κ1) is 23.6. The molecule has 0 fully saturated rings. The van der Waals surface area contributed by atoms with Crippen molar-refractivity contribution < 1.29 is 14.6 Å². The number of anilines is 1. The molecule has 6 nitrogen and oxygen atoms in total. The quantitative estimate of drug-likeness (QED) is 0.199.